The van der Waals surface area contributed by atoms with Crippen LogP contribution in [-0.4, -0.2) is 47.8 Å². The third-order valence-electron chi connectivity index (χ3n) is 3.61. The normalized spacial score (nSPS) is 16.2. The second-order valence-electron chi connectivity index (χ2n) is 5.16. The zero-order chi connectivity index (χ0) is 16.1. The van der Waals surface area contributed by atoms with Gasteiger partial charge in [0.15, 0.2) is 0 Å². The molecule has 9 heteroatoms. The van der Waals surface area contributed by atoms with E-state index < -0.39 is 13.0 Å². The molecule has 1 aromatic carbocycles. The third-order valence-corrected chi connectivity index (χ3v) is 3.61. The lowest BCUT2D eigenvalue weighted by molar-refractivity contribution is -0.482. The largest absolute Gasteiger partial charge is 0.494 e. The third kappa shape index (κ3) is 3.88. The van der Waals surface area contributed by atoms with Gasteiger partial charge < -0.3 is 20.2 Å². The molecule has 0 radical (unpaired) electrons. The molecule has 0 fully saturated rings. The van der Waals surface area contributed by atoms with Gasteiger partial charge in [-0.1, -0.05) is 12.1 Å². The lowest BCUT2D eigenvalue weighted by Gasteiger charge is -2.12. The molecule has 2 rings (SSSR count). The summed E-state index contributed by atoms with van der Waals surface area (Å²) in [7, 11) is 0. The van der Waals surface area contributed by atoms with Crippen LogP contribution in [0.15, 0.2) is 18.2 Å². The Hall–Kier alpha value is -2.29. The average molecular weight is 308 g/mol. The molecule has 0 bridgehead atoms. The van der Waals surface area contributed by atoms with E-state index in [-0.39, 0.29) is 23.9 Å². The van der Waals surface area contributed by atoms with Crippen molar-refractivity contribution in [1.29, 1.82) is 0 Å². The quantitative estimate of drug-likeness (QED) is 0.288. The van der Waals surface area contributed by atoms with Crippen LogP contribution in [-0.2, 0) is 0 Å². The summed E-state index contributed by atoms with van der Waals surface area (Å²) in [6.07, 6.45) is -0.277. The Bertz CT molecular complexity index is 567. The molecule has 0 spiro atoms. The Morgan fingerprint density at radius 2 is 2.32 bits per heavy atom. The van der Waals surface area contributed by atoms with Gasteiger partial charge in [-0.05, 0) is 29.8 Å². The number of nitrogens with one attached hydrogen (secondary N) is 1. The number of carboxylic acid groups (broad SMARTS) is 1. The first kappa shape index (κ1) is 16.1. The Morgan fingerprint density at radius 3 is 3.00 bits per heavy atom. The molecule has 118 valence electrons. The molecule has 1 atom stereocenters. The summed E-state index contributed by atoms with van der Waals surface area (Å²) >= 11 is 0. The minimum atomic E-state index is -1.08. The van der Waals surface area contributed by atoms with E-state index in [1.54, 1.807) is 18.2 Å². The summed E-state index contributed by atoms with van der Waals surface area (Å²) < 4.78 is 5.59. The van der Waals surface area contributed by atoms with Crippen LogP contribution in [0.4, 0.5) is 4.79 Å². The van der Waals surface area contributed by atoms with E-state index in [2.05, 4.69) is 5.32 Å². The monoisotopic (exact) mass is 308 g/mol. The van der Waals surface area contributed by atoms with Crippen molar-refractivity contribution in [2.75, 3.05) is 19.7 Å². The number of hydrogen-bond acceptors (Lipinski definition) is 5. The first-order chi connectivity index (χ1) is 10.5. The SMILES string of the molecule is O=C(O)NCCCOc1cccc2c1B(O)CC2C[N+](=O)[O-]. The number of hydrogen-bond donors (Lipinski definition) is 3. The Labute approximate surface area is 127 Å². The van der Waals surface area contributed by atoms with Crippen LogP contribution in [0.25, 0.3) is 0 Å². The fraction of sp³-hybridized carbons (Fsp3) is 0.462. The lowest BCUT2D eigenvalue weighted by Crippen LogP contribution is -2.28. The lowest BCUT2D eigenvalue weighted by atomic mass is 9.62. The molecule has 8 nitrogen and oxygen atoms in total. The van der Waals surface area contributed by atoms with Gasteiger partial charge in [0.1, 0.15) is 5.75 Å². The zero-order valence-electron chi connectivity index (χ0n) is 11.9. The van der Waals surface area contributed by atoms with Crippen LogP contribution in [0, 0.1) is 10.1 Å². The van der Waals surface area contributed by atoms with Crippen LogP contribution in [0.3, 0.4) is 0 Å². The highest BCUT2D eigenvalue weighted by Gasteiger charge is 2.38. The molecule has 1 unspecified atom stereocenters. The minimum absolute atomic E-state index is 0.212. The molecule has 22 heavy (non-hydrogen) atoms. The highest BCUT2D eigenvalue weighted by Crippen LogP contribution is 2.31. The maximum Gasteiger partial charge on any atom is 0.404 e. The summed E-state index contributed by atoms with van der Waals surface area (Å²) in [5, 5.41) is 31.5. The molecule has 1 aromatic rings. The fourth-order valence-corrected chi connectivity index (χ4v) is 2.72. The molecule has 1 aliphatic rings. The maximum atomic E-state index is 10.7. The number of amides is 1. The number of fused-ring (bicyclic) bond motifs is 1. The smallest absolute Gasteiger partial charge is 0.404 e. The second-order valence-corrected chi connectivity index (χ2v) is 5.16. The zero-order valence-corrected chi connectivity index (χ0v) is 11.9. The summed E-state index contributed by atoms with van der Waals surface area (Å²) in [6.45, 7) is -0.413. The molecule has 0 aromatic heterocycles. The standard InChI is InChI=1S/C13H17BN2O6/c17-13(18)15-5-2-6-22-11-4-1-3-10-9(8-16(20)21)7-14(19)12(10)11/h1,3-4,9,15,19H,2,5-8H2,(H,17,18). The van der Waals surface area contributed by atoms with Crippen LogP contribution >= 0.6 is 0 Å². The summed E-state index contributed by atoms with van der Waals surface area (Å²) in [5.41, 5.74) is 1.37. The van der Waals surface area contributed by atoms with E-state index in [0.29, 0.717) is 30.6 Å². The number of ether oxygens (including phenoxy) is 1. The summed E-state index contributed by atoms with van der Waals surface area (Å²) in [6, 6.07) is 5.23. The predicted molar refractivity (Wildman–Crippen MR) is 79.6 cm³/mol. The molecule has 0 saturated heterocycles. The van der Waals surface area contributed by atoms with E-state index in [9.17, 15) is 19.9 Å². The van der Waals surface area contributed by atoms with Crippen LogP contribution in [0.2, 0.25) is 6.32 Å². The van der Waals surface area contributed by atoms with Crippen molar-refractivity contribution < 1.29 is 24.6 Å². The van der Waals surface area contributed by atoms with E-state index in [4.69, 9.17) is 9.84 Å². The summed E-state index contributed by atoms with van der Waals surface area (Å²) in [5.74, 6) is 0.198. The van der Waals surface area contributed by atoms with Crippen LogP contribution < -0.4 is 15.5 Å². The molecular weight excluding hydrogens is 291 g/mol. The van der Waals surface area contributed by atoms with Gasteiger partial charge in [0.2, 0.25) is 6.54 Å². The van der Waals surface area contributed by atoms with E-state index in [0.717, 1.165) is 5.56 Å². The second kappa shape index (κ2) is 7.12. The van der Waals surface area contributed by atoms with Crippen molar-refractivity contribution in [3.05, 3.63) is 33.9 Å². The first-order valence-electron chi connectivity index (χ1n) is 7.01. The van der Waals surface area contributed by atoms with Crippen molar-refractivity contribution in [2.24, 2.45) is 0 Å². The van der Waals surface area contributed by atoms with Gasteiger partial charge >= 0.3 is 13.0 Å². The van der Waals surface area contributed by atoms with Crippen molar-refractivity contribution in [1.82, 2.24) is 5.32 Å². The Balaban J connectivity index is 2.00. The summed E-state index contributed by atoms with van der Waals surface area (Å²) in [4.78, 5) is 20.6. The van der Waals surface area contributed by atoms with Gasteiger partial charge in [-0.15, -0.1) is 0 Å². The highest BCUT2D eigenvalue weighted by atomic mass is 16.6. The molecule has 1 amide bonds. The van der Waals surface area contributed by atoms with E-state index in [1.165, 1.54) is 0 Å². The van der Waals surface area contributed by atoms with E-state index >= 15 is 0 Å². The molecule has 1 aliphatic heterocycles. The van der Waals surface area contributed by atoms with E-state index in [1.807, 2.05) is 0 Å². The Kier molecular flexibility index (Phi) is 5.21. The minimum Gasteiger partial charge on any atom is -0.494 e. The number of rotatable bonds is 7. The Morgan fingerprint density at radius 1 is 1.55 bits per heavy atom. The van der Waals surface area contributed by atoms with Crippen molar-refractivity contribution in [3.63, 3.8) is 0 Å². The van der Waals surface area contributed by atoms with Gasteiger partial charge in [0.25, 0.3) is 0 Å². The topological polar surface area (TPSA) is 122 Å². The predicted octanol–water partition coefficient (Wildman–Crippen LogP) is 0.288. The van der Waals surface area contributed by atoms with Gasteiger partial charge in [0.05, 0.1) is 6.61 Å². The number of benzene rings is 1. The first-order valence-corrected chi connectivity index (χ1v) is 7.01. The molecule has 0 aliphatic carbocycles. The fourth-order valence-electron chi connectivity index (χ4n) is 2.72. The highest BCUT2D eigenvalue weighted by molar-refractivity contribution is 6.69. The van der Waals surface area contributed by atoms with Crippen molar-refractivity contribution in [3.8, 4) is 5.75 Å². The van der Waals surface area contributed by atoms with Gasteiger partial charge in [0, 0.05) is 17.4 Å². The van der Waals surface area contributed by atoms with Gasteiger partial charge in [-0.3, -0.25) is 10.1 Å². The number of nitro groups is 1. The van der Waals surface area contributed by atoms with Crippen molar-refractivity contribution >= 4 is 18.5 Å². The molecule has 0 saturated carbocycles. The maximum absolute atomic E-state index is 10.7. The molecule has 3 N–H and O–H groups in total. The molecule has 1 heterocycles. The number of carbonyl (C=O) groups is 1. The van der Waals surface area contributed by atoms with Crippen LogP contribution in [0.5, 0.6) is 5.75 Å². The number of nitrogens with zero attached hydrogens (tertiary/aromatic N) is 1. The van der Waals surface area contributed by atoms with Gasteiger partial charge in [-0.25, -0.2) is 4.79 Å². The van der Waals surface area contributed by atoms with Crippen molar-refractivity contribution in [2.45, 2.75) is 18.7 Å². The van der Waals surface area contributed by atoms with Crippen LogP contribution in [0.1, 0.15) is 17.9 Å². The molecular formula is C13H17BN2O6. The van der Waals surface area contributed by atoms with Gasteiger partial charge in [-0.2, -0.15) is 0 Å². The average Bonchev–Trinajstić information content (AvgIpc) is 2.75.